The summed E-state index contributed by atoms with van der Waals surface area (Å²) in [5, 5.41) is 16.7. The van der Waals surface area contributed by atoms with Crippen molar-refractivity contribution in [2.24, 2.45) is 0 Å². The fourth-order valence-corrected chi connectivity index (χ4v) is 2.62. The van der Waals surface area contributed by atoms with Crippen LogP contribution in [0.3, 0.4) is 0 Å². The topological polar surface area (TPSA) is 92.7 Å². The van der Waals surface area contributed by atoms with E-state index in [1.807, 2.05) is 52.2 Å². The van der Waals surface area contributed by atoms with Crippen LogP contribution < -0.4 is 10.6 Å². The smallest absolute Gasteiger partial charge is 0.166 e. The molecule has 0 bridgehead atoms. The van der Waals surface area contributed by atoms with Gasteiger partial charge in [-0.1, -0.05) is 13.8 Å². The molecule has 0 saturated heterocycles. The minimum atomic E-state index is 0.0321. The second-order valence-electron chi connectivity index (χ2n) is 6.41. The van der Waals surface area contributed by atoms with Crippen LogP contribution in [-0.4, -0.2) is 55.5 Å². The third-order valence-corrected chi connectivity index (χ3v) is 4.30. The number of carbonyl (C=O) groups is 1. The number of pyridine rings is 1. The van der Waals surface area contributed by atoms with Gasteiger partial charge in [-0.15, -0.1) is 11.8 Å². The molecule has 1 aliphatic heterocycles. The Bertz CT molecular complexity index is 577. The number of nitrogens with one attached hydrogen (secondary N) is 2. The van der Waals surface area contributed by atoms with E-state index in [2.05, 4.69) is 15.6 Å². The van der Waals surface area contributed by atoms with Crippen molar-refractivity contribution in [3.63, 3.8) is 0 Å². The van der Waals surface area contributed by atoms with E-state index in [0.29, 0.717) is 25.5 Å². The van der Waals surface area contributed by atoms with Gasteiger partial charge < -0.3 is 25.2 Å². The lowest BCUT2D eigenvalue weighted by molar-refractivity contribution is -0.105. The number of nitrogens with zero attached hydrogens (tertiary/aromatic N) is 1. The first-order chi connectivity index (χ1) is 13.4. The van der Waals surface area contributed by atoms with E-state index in [1.165, 1.54) is 0 Å². The Morgan fingerprint density at radius 3 is 2.57 bits per heavy atom. The average Bonchev–Trinajstić information content (AvgIpc) is 3.19. The van der Waals surface area contributed by atoms with E-state index in [9.17, 15) is 4.79 Å². The highest BCUT2D eigenvalue weighted by atomic mass is 32.2. The molecule has 1 aromatic heterocycles. The van der Waals surface area contributed by atoms with Crippen LogP contribution in [0.4, 0.5) is 5.82 Å². The first kappa shape index (κ1) is 26.4. The van der Waals surface area contributed by atoms with Crippen molar-refractivity contribution < 1.29 is 19.4 Å². The number of thioether (sulfide) groups is 1. The Morgan fingerprint density at radius 1 is 1.36 bits per heavy atom. The van der Waals surface area contributed by atoms with Crippen molar-refractivity contribution >= 4 is 23.9 Å². The third-order valence-electron chi connectivity index (χ3n) is 3.24. The molecule has 1 atom stereocenters. The van der Waals surface area contributed by atoms with Gasteiger partial charge in [0.15, 0.2) is 6.29 Å². The van der Waals surface area contributed by atoms with Gasteiger partial charge in [-0.25, -0.2) is 4.98 Å². The molecule has 2 rings (SSSR count). The lowest BCUT2D eigenvalue weighted by Gasteiger charge is -2.14. The van der Waals surface area contributed by atoms with E-state index in [4.69, 9.17) is 14.6 Å². The highest BCUT2D eigenvalue weighted by Gasteiger charge is 2.18. The van der Waals surface area contributed by atoms with Crippen LogP contribution in [0.1, 0.15) is 45.6 Å². The molecule has 0 saturated carbocycles. The lowest BCUT2D eigenvalue weighted by atomic mass is 10.2. The summed E-state index contributed by atoms with van der Waals surface area (Å²) in [6, 6.07) is 3.86. The zero-order valence-corrected chi connectivity index (χ0v) is 18.6. The number of methoxy groups -OCH3 is 1. The van der Waals surface area contributed by atoms with Crippen molar-refractivity contribution in [2.75, 3.05) is 38.8 Å². The summed E-state index contributed by atoms with van der Waals surface area (Å²) in [6.07, 6.45) is 2.54. The molecule has 1 unspecified atom stereocenters. The molecule has 0 fully saturated rings. The SMILES string of the molecule is CC.COC(C)(C)C.O=CC1=CSC(c2ccnc(NCCOCCO)c2)N1. The molecule has 1 aromatic rings. The summed E-state index contributed by atoms with van der Waals surface area (Å²) >= 11 is 1.56. The minimum Gasteiger partial charge on any atom is -0.394 e. The summed E-state index contributed by atoms with van der Waals surface area (Å²) in [7, 11) is 1.71. The van der Waals surface area contributed by atoms with Crippen LogP contribution in [0.5, 0.6) is 0 Å². The lowest BCUT2D eigenvalue weighted by Crippen LogP contribution is -2.15. The monoisotopic (exact) mass is 413 g/mol. The van der Waals surface area contributed by atoms with E-state index < -0.39 is 0 Å². The summed E-state index contributed by atoms with van der Waals surface area (Å²) in [6.45, 7) is 11.6. The van der Waals surface area contributed by atoms with E-state index in [1.54, 1.807) is 25.1 Å². The average molecular weight is 414 g/mol. The number of hydrogen-bond donors (Lipinski definition) is 3. The third kappa shape index (κ3) is 12.0. The van der Waals surface area contributed by atoms with Gasteiger partial charge in [0.1, 0.15) is 11.2 Å². The predicted octanol–water partition coefficient (Wildman–Crippen LogP) is 3.34. The fourth-order valence-electron chi connectivity index (χ4n) is 1.71. The number of hydrogen-bond acceptors (Lipinski definition) is 8. The number of rotatable bonds is 8. The zero-order valence-electron chi connectivity index (χ0n) is 17.8. The Balaban J connectivity index is 0.000000780. The fraction of sp³-hybridized carbons (Fsp3) is 0.600. The second-order valence-corrected chi connectivity index (χ2v) is 7.38. The Labute approximate surface area is 173 Å². The van der Waals surface area contributed by atoms with Gasteiger partial charge in [0.25, 0.3) is 0 Å². The molecule has 1 aliphatic rings. The normalized spacial score (nSPS) is 15.2. The minimum absolute atomic E-state index is 0.0321. The number of allylic oxidation sites excluding steroid dienone is 1. The van der Waals surface area contributed by atoms with E-state index in [0.717, 1.165) is 17.7 Å². The molecule has 28 heavy (non-hydrogen) atoms. The molecule has 3 N–H and O–H groups in total. The largest absolute Gasteiger partial charge is 0.394 e. The maximum atomic E-state index is 10.7. The highest BCUT2D eigenvalue weighted by Crippen LogP contribution is 2.33. The number of ether oxygens (including phenoxy) is 2. The quantitative estimate of drug-likeness (QED) is 0.441. The molecular weight excluding hydrogens is 378 g/mol. The predicted molar refractivity (Wildman–Crippen MR) is 116 cm³/mol. The molecule has 0 aromatic carbocycles. The standard InChI is InChI=1S/C13H17N3O3S.C5H12O.C2H6/c17-4-6-19-5-3-15-12-7-10(1-2-14-12)13-16-11(8-18)9-20-13;1-5(2,3)6-4;1-2/h1-2,7-9,13,16-17H,3-6H2,(H,14,15);1-4H3;1-2H3. The molecule has 2 heterocycles. The molecule has 0 amide bonds. The van der Waals surface area contributed by atoms with Gasteiger partial charge in [0.2, 0.25) is 0 Å². The summed E-state index contributed by atoms with van der Waals surface area (Å²) in [4.78, 5) is 14.9. The second kappa shape index (κ2) is 15.3. The molecule has 0 spiro atoms. The van der Waals surface area contributed by atoms with Crippen molar-refractivity contribution in [2.45, 2.75) is 45.6 Å². The van der Waals surface area contributed by atoms with Gasteiger partial charge in [0.05, 0.1) is 31.1 Å². The molecular formula is C20H35N3O4S. The van der Waals surface area contributed by atoms with E-state index >= 15 is 0 Å². The van der Waals surface area contributed by atoms with Crippen molar-refractivity contribution in [3.8, 4) is 0 Å². The van der Waals surface area contributed by atoms with Gasteiger partial charge >= 0.3 is 0 Å². The zero-order chi connectivity index (χ0) is 21.4. The van der Waals surface area contributed by atoms with Crippen LogP contribution in [0.2, 0.25) is 0 Å². The number of anilines is 1. The van der Waals surface area contributed by atoms with Crippen LogP contribution in [0.15, 0.2) is 29.4 Å². The van der Waals surface area contributed by atoms with Crippen molar-refractivity contribution in [1.29, 1.82) is 0 Å². The molecule has 7 nitrogen and oxygen atoms in total. The first-order valence-corrected chi connectivity index (χ1v) is 10.3. The summed E-state index contributed by atoms with van der Waals surface area (Å²) in [5.41, 5.74) is 1.70. The van der Waals surface area contributed by atoms with Gasteiger partial charge in [-0.05, 0) is 43.9 Å². The van der Waals surface area contributed by atoms with Crippen LogP contribution in [0.25, 0.3) is 0 Å². The number of carbonyl (C=O) groups excluding carboxylic acids is 1. The maximum absolute atomic E-state index is 10.7. The van der Waals surface area contributed by atoms with Gasteiger partial charge in [-0.3, -0.25) is 4.79 Å². The number of aliphatic hydroxyl groups excluding tert-OH is 1. The number of aldehydes is 1. The first-order valence-electron chi connectivity index (χ1n) is 9.40. The van der Waals surface area contributed by atoms with Crippen molar-refractivity contribution in [1.82, 2.24) is 10.3 Å². The Morgan fingerprint density at radius 2 is 2.04 bits per heavy atom. The Kier molecular flexibility index (Phi) is 14.4. The number of aliphatic hydroxyl groups is 1. The maximum Gasteiger partial charge on any atom is 0.166 e. The highest BCUT2D eigenvalue weighted by molar-refractivity contribution is 8.02. The molecule has 8 heteroatoms. The van der Waals surface area contributed by atoms with Crippen LogP contribution in [0, 0.1) is 0 Å². The molecule has 0 aliphatic carbocycles. The summed E-state index contributed by atoms with van der Waals surface area (Å²) in [5.74, 6) is 0.761. The Hall–Kier alpha value is -1.61. The van der Waals surface area contributed by atoms with Gasteiger partial charge in [0, 0.05) is 19.9 Å². The van der Waals surface area contributed by atoms with Gasteiger partial charge in [-0.2, -0.15) is 0 Å². The molecule has 0 radical (unpaired) electrons. The molecule has 160 valence electrons. The number of aromatic nitrogens is 1. The van der Waals surface area contributed by atoms with Crippen molar-refractivity contribution in [3.05, 3.63) is 35.0 Å². The van der Waals surface area contributed by atoms with Crippen LogP contribution in [-0.2, 0) is 14.3 Å². The summed E-state index contributed by atoms with van der Waals surface area (Å²) < 4.78 is 10.1. The van der Waals surface area contributed by atoms with Crippen LogP contribution >= 0.6 is 11.8 Å². The van der Waals surface area contributed by atoms with E-state index in [-0.39, 0.29) is 17.6 Å².